The van der Waals surface area contributed by atoms with Crippen molar-refractivity contribution in [1.29, 1.82) is 0 Å². The fraction of sp³-hybridized carbons (Fsp3) is 0.222. The smallest absolute Gasteiger partial charge is 0.411 e. The first kappa shape index (κ1) is 24.5. The molecule has 3 aromatic rings. The highest BCUT2D eigenvalue weighted by Crippen LogP contribution is 2.44. The second kappa shape index (κ2) is 10.7. The molecule has 0 bridgehead atoms. The molecule has 180 valence electrons. The maximum Gasteiger partial charge on any atom is 0.411 e. The number of hydrogen-bond acceptors (Lipinski definition) is 4. The molecule has 0 heterocycles. The van der Waals surface area contributed by atoms with E-state index >= 15 is 0 Å². The third-order valence-corrected chi connectivity index (χ3v) is 6.42. The van der Waals surface area contributed by atoms with Crippen molar-refractivity contribution in [3.63, 3.8) is 0 Å². The van der Waals surface area contributed by atoms with Crippen molar-refractivity contribution in [2.24, 2.45) is 0 Å². The lowest BCUT2D eigenvalue weighted by Crippen LogP contribution is -2.28. The Balaban J connectivity index is 1.40. The average Bonchev–Trinajstić information content (AvgIpc) is 3.15. The summed E-state index contributed by atoms with van der Waals surface area (Å²) >= 11 is 3.38. The summed E-state index contributed by atoms with van der Waals surface area (Å²) in [5.74, 6) is -1.22. The summed E-state index contributed by atoms with van der Waals surface area (Å²) < 4.78 is 6.21. The van der Waals surface area contributed by atoms with E-state index in [1.165, 1.54) is 4.90 Å². The molecule has 1 aliphatic carbocycles. The van der Waals surface area contributed by atoms with Gasteiger partial charge in [-0.05, 0) is 46.9 Å². The largest absolute Gasteiger partial charge is 0.481 e. The van der Waals surface area contributed by atoms with E-state index in [0.717, 1.165) is 22.3 Å². The standard InChI is InChI=1S/C27H25BrN2O5/c1-30(12-6-11-25(31)32)26(33)17-13-18(28)15-19(14-17)29-27(34)35-16-24-22-9-4-2-7-20(22)21-8-3-5-10-23(21)24/h2-5,7-10,13-15,24H,6,11-12,16H2,1H3,(H,29,34)(H,31,32). The molecule has 0 saturated heterocycles. The van der Waals surface area contributed by atoms with Crippen LogP contribution in [0.1, 0.15) is 40.2 Å². The van der Waals surface area contributed by atoms with Crippen molar-refractivity contribution in [2.75, 3.05) is 25.5 Å². The van der Waals surface area contributed by atoms with E-state index in [0.29, 0.717) is 28.7 Å². The van der Waals surface area contributed by atoms with Crippen molar-refractivity contribution in [2.45, 2.75) is 18.8 Å². The van der Waals surface area contributed by atoms with Gasteiger partial charge >= 0.3 is 12.1 Å². The first-order valence-corrected chi connectivity index (χ1v) is 12.0. The number of fused-ring (bicyclic) bond motifs is 3. The summed E-state index contributed by atoms with van der Waals surface area (Å²) in [6, 6.07) is 21.1. The first-order valence-electron chi connectivity index (χ1n) is 11.2. The maximum absolute atomic E-state index is 12.8. The number of carboxylic acid groups (broad SMARTS) is 1. The molecule has 0 aliphatic heterocycles. The molecule has 7 nitrogen and oxygen atoms in total. The number of aliphatic carboxylic acids is 1. The van der Waals surface area contributed by atoms with Crippen LogP contribution in [0.3, 0.4) is 0 Å². The zero-order chi connectivity index (χ0) is 24.9. The average molecular weight is 537 g/mol. The molecule has 0 radical (unpaired) electrons. The Morgan fingerprint density at radius 2 is 1.63 bits per heavy atom. The predicted octanol–water partition coefficient (Wildman–Crippen LogP) is 5.75. The number of nitrogens with zero attached hydrogens (tertiary/aromatic N) is 1. The molecule has 3 aromatic carbocycles. The maximum atomic E-state index is 12.8. The summed E-state index contributed by atoms with van der Waals surface area (Å²) in [6.07, 6.45) is -0.264. The van der Waals surface area contributed by atoms with Gasteiger partial charge in [-0.1, -0.05) is 64.5 Å². The number of benzene rings is 3. The molecule has 0 fully saturated rings. The zero-order valence-electron chi connectivity index (χ0n) is 19.2. The van der Waals surface area contributed by atoms with Gasteiger partial charge in [0, 0.05) is 41.7 Å². The number of amides is 2. The minimum absolute atomic E-state index is 0.00923. The molecule has 0 aromatic heterocycles. The number of rotatable bonds is 8. The summed E-state index contributed by atoms with van der Waals surface area (Å²) in [6.45, 7) is 0.499. The van der Waals surface area contributed by atoms with Gasteiger partial charge in [-0.25, -0.2) is 4.79 Å². The SMILES string of the molecule is CN(CCCC(=O)O)C(=O)c1cc(Br)cc(NC(=O)OCC2c3ccccc3-c3ccccc32)c1. The van der Waals surface area contributed by atoms with Crippen LogP contribution in [-0.2, 0) is 9.53 Å². The molecule has 0 saturated carbocycles. The topological polar surface area (TPSA) is 95.9 Å². The summed E-state index contributed by atoms with van der Waals surface area (Å²) in [7, 11) is 1.61. The second-order valence-electron chi connectivity index (χ2n) is 8.40. The number of anilines is 1. The van der Waals surface area contributed by atoms with Crippen LogP contribution >= 0.6 is 15.9 Å². The zero-order valence-corrected chi connectivity index (χ0v) is 20.7. The number of carboxylic acids is 1. The molecule has 35 heavy (non-hydrogen) atoms. The van der Waals surface area contributed by atoms with Crippen molar-refractivity contribution in [1.82, 2.24) is 4.90 Å². The van der Waals surface area contributed by atoms with Crippen LogP contribution in [0, 0.1) is 0 Å². The van der Waals surface area contributed by atoms with Crippen LogP contribution in [-0.4, -0.2) is 48.2 Å². The van der Waals surface area contributed by atoms with Gasteiger partial charge in [0.2, 0.25) is 0 Å². The van der Waals surface area contributed by atoms with Gasteiger partial charge in [0.1, 0.15) is 6.61 Å². The number of nitrogens with one attached hydrogen (secondary N) is 1. The summed E-state index contributed by atoms with van der Waals surface area (Å²) in [4.78, 5) is 37.6. The number of carbonyl (C=O) groups excluding carboxylic acids is 2. The minimum atomic E-state index is -0.900. The number of carbonyl (C=O) groups is 3. The highest BCUT2D eigenvalue weighted by atomic mass is 79.9. The van der Waals surface area contributed by atoms with Crippen molar-refractivity contribution in [3.8, 4) is 11.1 Å². The van der Waals surface area contributed by atoms with E-state index in [1.54, 1.807) is 25.2 Å². The Morgan fingerprint density at radius 3 is 2.26 bits per heavy atom. The van der Waals surface area contributed by atoms with E-state index in [-0.39, 0.29) is 24.9 Å². The monoisotopic (exact) mass is 536 g/mol. The second-order valence-corrected chi connectivity index (χ2v) is 9.32. The highest BCUT2D eigenvalue weighted by molar-refractivity contribution is 9.10. The van der Waals surface area contributed by atoms with Gasteiger partial charge in [0.15, 0.2) is 0 Å². The molecule has 0 spiro atoms. The van der Waals surface area contributed by atoms with Crippen LogP contribution in [0.4, 0.5) is 10.5 Å². The molecule has 4 rings (SSSR count). The molecular weight excluding hydrogens is 512 g/mol. The van der Waals surface area contributed by atoms with Gasteiger partial charge in [-0.15, -0.1) is 0 Å². The number of hydrogen-bond donors (Lipinski definition) is 2. The lowest BCUT2D eigenvalue weighted by Gasteiger charge is -2.18. The van der Waals surface area contributed by atoms with Gasteiger partial charge < -0.3 is 14.7 Å². The Hall–Kier alpha value is -3.65. The summed E-state index contributed by atoms with van der Waals surface area (Å²) in [5, 5.41) is 11.5. The van der Waals surface area contributed by atoms with E-state index in [1.807, 2.05) is 24.3 Å². The van der Waals surface area contributed by atoms with E-state index in [9.17, 15) is 14.4 Å². The van der Waals surface area contributed by atoms with Crippen molar-refractivity contribution < 1.29 is 24.2 Å². The first-order chi connectivity index (χ1) is 16.8. The fourth-order valence-electron chi connectivity index (χ4n) is 4.33. The van der Waals surface area contributed by atoms with Gasteiger partial charge in [-0.3, -0.25) is 14.9 Å². The molecule has 1 aliphatic rings. The Kier molecular flexibility index (Phi) is 7.51. The molecule has 0 atom stereocenters. The molecular formula is C27H25BrN2O5. The lowest BCUT2D eigenvalue weighted by molar-refractivity contribution is -0.137. The van der Waals surface area contributed by atoms with E-state index < -0.39 is 12.1 Å². The predicted molar refractivity (Wildman–Crippen MR) is 137 cm³/mol. The van der Waals surface area contributed by atoms with Gasteiger partial charge in [0.25, 0.3) is 5.91 Å². The quantitative estimate of drug-likeness (QED) is 0.382. The normalized spacial score (nSPS) is 11.9. The lowest BCUT2D eigenvalue weighted by atomic mass is 9.98. The Labute approximate surface area is 211 Å². The third kappa shape index (κ3) is 5.71. The van der Waals surface area contributed by atoms with E-state index in [2.05, 4.69) is 45.5 Å². The van der Waals surface area contributed by atoms with Crippen LogP contribution < -0.4 is 5.32 Å². The Morgan fingerprint density at radius 1 is 1.00 bits per heavy atom. The summed E-state index contributed by atoms with van der Waals surface area (Å²) in [5.41, 5.74) is 5.34. The number of halogens is 1. The molecule has 2 amide bonds. The van der Waals surface area contributed by atoms with Crippen LogP contribution in [0.2, 0.25) is 0 Å². The van der Waals surface area contributed by atoms with Crippen molar-refractivity contribution in [3.05, 3.63) is 87.9 Å². The molecule has 2 N–H and O–H groups in total. The van der Waals surface area contributed by atoms with Crippen LogP contribution in [0.5, 0.6) is 0 Å². The van der Waals surface area contributed by atoms with Gasteiger partial charge in [-0.2, -0.15) is 0 Å². The Bertz CT molecular complexity index is 1230. The van der Waals surface area contributed by atoms with Crippen molar-refractivity contribution >= 4 is 39.6 Å². The van der Waals surface area contributed by atoms with Gasteiger partial charge in [0.05, 0.1) is 0 Å². The van der Waals surface area contributed by atoms with Crippen LogP contribution in [0.15, 0.2) is 71.2 Å². The highest BCUT2D eigenvalue weighted by Gasteiger charge is 2.29. The molecule has 0 unspecified atom stereocenters. The number of ether oxygens (including phenoxy) is 1. The fourth-order valence-corrected chi connectivity index (χ4v) is 4.82. The third-order valence-electron chi connectivity index (χ3n) is 5.97. The van der Waals surface area contributed by atoms with Crippen LogP contribution in [0.25, 0.3) is 11.1 Å². The molecule has 8 heteroatoms. The van der Waals surface area contributed by atoms with E-state index in [4.69, 9.17) is 9.84 Å². The minimum Gasteiger partial charge on any atom is -0.481 e.